The number of hydrogen-bond donors (Lipinski definition) is 3. The van der Waals surface area contributed by atoms with Crippen molar-refractivity contribution in [2.45, 2.75) is 170 Å². The van der Waals surface area contributed by atoms with Gasteiger partial charge in [-0.05, 0) is 153 Å². The molecule has 11 fully saturated rings. The van der Waals surface area contributed by atoms with Crippen LogP contribution in [0.15, 0.2) is 0 Å². The Labute approximate surface area is 280 Å². The monoisotopic (exact) mass is 631 g/mol. The van der Waals surface area contributed by atoms with Crippen LogP contribution in [-0.4, -0.2) is 102 Å². The van der Waals surface area contributed by atoms with Crippen LogP contribution in [0, 0.1) is 40.4 Å². The minimum Gasteiger partial charge on any atom is -0.313 e. The number of fused-ring (bicyclic) bond motifs is 12. The zero-order chi connectivity index (χ0) is 30.0. The largest absolute Gasteiger partial charge is 0.313 e. The normalized spacial score (nSPS) is 57.0. The van der Waals surface area contributed by atoms with Crippen LogP contribution in [0.5, 0.6) is 0 Å². The second-order valence-corrected chi connectivity index (χ2v) is 19.5. The number of hydrogen-bond acceptors (Lipinski definition) is 6. The van der Waals surface area contributed by atoms with Gasteiger partial charge in [0.15, 0.2) is 0 Å². The predicted molar refractivity (Wildman–Crippen MR) is 184 cm³/mol. The van der Waals surface area contributed by atoms with Crippen molar-refractivity contribution < 1.29 is 0 Å². The van der Waals surface area contributed by atoms with Gasteiger partial charge in [-0.1, -0.05) is 19.3 Å². The molecule has 11 aliphatic rings. The molecular formula is C40H66N6. The lowest BCUT2D eigenvalue weighted by Gasteiger charge is -2.72. The average Bonchev–Trinajstić information content (AvgIpc) is 3.11. The summed E-state index contributed by atoms with van der Waals surface area (Å²) in [6, 6.07) is 5.62. The van der Waals surface area contributed by atoms with E-state index in [2.05, 4.69) is 30.7 Å². The van der Waals surface area contributed by atoms with E-state index in [0.29, 0.717) is 29.1 Å². The maximum absolute atomic E-state index is 4.65. The average molecular weight is 631 g/mol. The first-order chi connectivity index (χ1) is 22.7. The van der Waals surface area contributed by atoms with Crippen LogP contribution in [-0.2, 0) is 0 Å². The van der Waals surface area contributed by atoms with Gasteiger partial charge in [0.2, 0.25) is 0 Å². The lowest BCUT2D eigenvalue weighted by atomic mass is 9.50. The molecule has 2 saturated carbocycles. The van der Waals surface area contributed by atoms with Gasteiger partial charge in [0.25, 0.3) is 0 Å². The minimum absolute atomic E-state index is 0.448. The van der Waals surface area contributed by atoms with E-state index in [-0.39, 0.29) is 0 Å². The quantitative estimate of drug-likeness (QED) is 0.391. The topological polar surface area (TPSA) is 45.8 Å². The van der Waals surface area contributed by atoms with E-state index in [4.69, 9.17) is 0 Å². The van der Waals surface area contributed by atoms with Crippen molar-refractivity contribution >= 4 is 0 Å². The Balaban J connectivity index is 0.883. The zero-order valence-electron chi connectivity index (χ0n) is 29.0. The molecule has 3 N–H and O–H groups in total. The molecule has 9 heterocycles. The van der Waals surface area contributed by atoms with Crippen LogP contribution in [0.4, 0.5) is 0 Å². The van der Waals surface area contributed by atoms with Crippen molar-refractivity contribution in [1.29, 1.82) is 0 Å². The molecule has 6 nitrogen and oxygen atoms in total. The first kappa shape index (κ1) is 29.5. The number of nitrogens with zero attached hydrogens (tertiary/aromatic N) is 3. The Morgan fingerprint density at radius 2 is 1.28 bits per heavy atom. The summed E-state index contributed by atoms with van der Waals surface area (Å²) in [6.45, 7) is 8.21. The maximum Gasteiger partial charge on any atom is 0.0646 e. The van der Waals surface area contributed by atoms with Crippen molar-refractivity contribution in [1.82, 2.24) is 30.7 Å². The van der Waals surface area contributed by atoms with Crippen molar-refractivity contribution in [2.24, 2.45) is 40.4 Å². The molecule has 2 aliphatic carbocycles. The molecule has 0 aromatic rings. The Hall–Kier alpha value is -0.240. The molecule has 11 rings (SSSR count). The Morgan fingerprint density at radius 3 is 2.13 bits per heavy atom. The molecule has 256 valence electrons. The van der Waals surface area contributed by atoms with Gasteiger partial charge in [0.05, 0.1) is 6.17 Å². The van der Waals surface area contributed by atoms with E-state index in [1.54, 1.807) is 12.8 Å². The van der Waals surface area contributed by atoms with Gasteiger partial charge >= 0.3 is 0 Å². The van der Waals surface area contributed by atoms with Gasteiger partial charge in [-0.2, -0.15) is 0 Å². The summed E-state index contributed by atoms with van der Waals surface area (Å²) in [4.78, 5) is 9.26. The van der Waals surface area contributed by atoms with Crippen LogP contribution in [0.2, 0.25) is 0 Å². The summed E-state index contributed by atoms with van der Waals surface area (Å²) < 4.78 is 0. The van der Waals surface area contributed by atoms with E-state index in [0.717, 1.165) is 59.8 Å². The summed E-state index contributed by atoms with van der Waals surface area (Å²) in [5.74, 6) is 4.64. The summed E-state index contributed by atoms with van der Waals surface area (Å²) >= 11 is 0. The van der Waals surface area contributed by atoms with E-state index in [1.165, 1.54) is 148 Å². The molecule has 0 aromatic heterocycles. The van der Waals surface area contributed by atoms with Gasteiger partial charge < -0.3 is 10.6 Å². The second kappa shape index (κ2) is 11.1. The molecular weight excluding hydrogens is 564 g/mol. The van der Waals surface area contributed by atoms with Crippen molar-refractivity contribution in [3.8, 4) is 0 Å². The lowest BCUT2D eigenvalue weighted by Crippen LogP contribution is -2.82. The summed E-state index contributed by atoms with van der Waals surface area (Å²) in [6.07, 6.45) is 28.7. The molecule has 9 saturated heterocycles. The van der Waals surface area contributed by atoms with Gasteiger partial charge in [0, 0.05) is 72.1 Å². The van der Waals surface area contributed by atoms with Gasteiger partial charge in [-0.15, -0.1) is 0 Å². The van der Waals surface area contributed by atoms with E-state index < -0.39 is 0 Å². The van der Waals surface area contributed by atoms with Crippen molar-refractivity contribution in [3.05, 3.63) is 0 Å². The molecule has 1 spiro atoms. The highest BCUT2D eigenvalue weighted by molar-refractivity contribution is 5.20. The fourth-order valence-corrected chi connectivity index (χ4v) is 16.5. The molecule has 46 heavy (non-hydrogen) atoms. The maximum atomic E-state index is 4.65. The predicted octanol–water partition coefficient (Wildman–Crippen LogP) is 5.18. The fraction of sp³-hybridized carbons (Fsp3) is 1.00. The fourth-order valence-electron chi connectivity index (χ4n) is 16.5. The van der Waals surface area contributed by atoms with Crippen LogP contribution in [0.25, 0.3) is 0 Å². The number of piperidine rings is 8. The lowest BCUT2D eigenvalue weighted by molar-refractivity contribution is -0.211. The minimum atomic E-state index is 0.448. The third-order valence-electron chi connectivity index (χ3n) is 17.7. The highest BCUT2D eigenvalue weighted by Gasteiger charge is 2.66. The van der Waals surface area contributed by atoms with Crippen molar-refractivity contribution in [2.75, 3.05) is 39.3 Å². The first-order valence-electron chi connectivity index (χ1n) is 21.2. The van der Waals surface area contributed by atoms with Crippen LogP contribution in [0.1, 0.15) is 122 Å². The van der Waals surface area contributed by atoms with Crippen LogP contribution >= 0.6 is 0 Å². The molecule has 9 aliphatic heterocycles. The standard InChI is InChI=1S/C40H66N6/c1-3-17-44-24-39(22-28(32(44)11-1)20-26-8-6-16-41-36(26)39)34-13-5-10-31(42-34)30-14-15-35-40-23-29(33-12-2-4-18-45(33)25-40)21-27-9-7-19-46(37(27)40)38(30)43-35/h26-38,41-43H,1-25H2/t26-,27-,28+,29-,30?,31?,32+,33+,34+,35-,36+,37+,38-,39+,40+/m0/s1. The Morgan fingerprint density at radius 1 is 0.543 bits per heavy atom. The highest BCUT2D eigenvalue weighted by atomic mass is 15.4. The molecule has 0 radical (unpaired) electrons. The van der Waals surface area contributed by atoms with Gasteiger partial charge in [-0.3, -0.25) is 20.0 Å². The zero-order valence-corrected chi connectivity index (χ0v) is 29.0. The molecule has 15 atom stereocenters. The molecule has 6 heteroatoms. The second-order valence-electron chi connectivity index (χ2n) is 19.5. The Bertz CT molecular complexity index is 1160. The first-order valence-corrected chi connectivity index (χ1v) is 21.2. The third-order valence-corrected chi connectivity index (χ3v) is 17.7. The molecule has 0 amide bonds. The van der Waals surface area contributed by atoms with E-state index in [9.17, 15) is 0 Å². The summed E-state index contributed by atoms with van der Waals surface area (Å²) in [5.41, 5.74) is 0.972. The SMILES string of the molecule is C1CN[C@@H]2[C@@H](C1)C[C@@H]1C[C@]2([C@H]2CCCC(C3CC[C@@H]4N[C@H]3N3CCC[C@H]5C[C@H]6C[C@]4(CN4CCCC[C@H]64)[C@@H]53)N2)CN2CCCC[C@H]12. The third kappa shape index (κ3) is 4.22. The molecule has 6 bridgehead atoms. The van der Waals surface area contributed by atoms with E-state index >= 15 is 0 Å². The van der Waals surface area contributed by atoms with Crippen LogP contribution < -0.4 is 16.0 Å². The number of nitrogens with one attached hydrogen (secondary N) is 3. The van der Waals surface area contributed by atoms with Gasteiger partial charge in [0.1, 0.15) is 0 Å². The van der Waals surface area contributed by atoms with Crippen molar-refractivity contribution in [3.63, 3.8) is 0 Å². The molecule has 2 unspecified atom stereocenters. The summed E-state index contributed by atoms with van der Waals surface area (Å²) in [5, 5.41) is 13.5. The van der Waals surface area contributed by atoms with E-state index in [1.807, 2.05) is 0 Å². The Kier molecular flexibility index (Phi) is 7.13. The van der Waals surface area contributed by atoms with Gasteiger partial charge in [-0.25, -0.2) is 0 Å². The van der Waals surface area contributed by atoms with Crippen LogP contribution in [0.3, 0.4) is 0 Å². The number of rotatable bonds is 2. The molecule has 0 aromatic carbocycles. The smallest absolute Gasteiger partial charge is 0.0646 e. The highest BCUT2D eigenvalue weighted by Crippen LogP contribution is 2.61. The summed E-state index contributed by atoms with van der Waals surface area (Å²) in [7, 11) is 0.